The molecule has 0 saturated heterocycles. The molecule has 0 aliphatic heterocycles. The minimum atomic E-state index is -4.39. The van der Waals surface area contributed by atoms with E-state index in [-0.39, 0.29) is 0 Å². The molecular weight excluding hydrogens is 1090 g/mol. The summed E-state index contributed by atoms with van der Waals surface area (Å²) in [6, 6.07) is 121. The summed E-state index contributed by atoms with van der Waals surface area (Å²) in [5.41, 5.74) is 0. The van der Waals surface area contributed by atoms with Crippen molar-refractivity contribution < 1.29 is 16.5 Å². The van der Waals surface area contributed by atoms with Gasteiger partial charge in [-0.3, -0.25) is 0 Å². The van der Waals surface area contributed by atoms with Crippen LogP contribution in [0.5, 0.6) is 0 Å². The Morgan fingerprint density at radius 1 is 0.205 bits per heavy atom. The van der Waals surface area contributed by atoms with E-state index in [2.05, 4.69) is 341 Å². The molecular formula is C74H72O4Si5. The second-order valence-electron chi connectivity index (χ2n) is 21.3. The Bertz CT molecular complexity index is 3400. The second kappa shape index (κ2) is 27.2. The minimum absolute atomic E-state index is 0.853. The maximum absolute atomic E-state index is 9.20. The first-order chi connectivity index (χ1) is 41.0. The number of unbranched alkanes of at least 4 members (excludes halogenated alkanes) is 5. The van der Waals surface area contributed by atoms with Crippen molar-refractivity contribution in [2.75, 3.05) is 0 Å². The van der Waals surface area contributed by atoms with Gasteiger partial charge in [0.25, 0.3) is 8.32 Å². The minimum Gasteiger partial charge on any atom is -0.422 e. The van der Waals surface area contributed by atoms with Gasteiger partial charge in [0.05, 0.1) is 0 Å². The fourth-order valence-corrected chi connectivity index (χ4v) is 39.8. The molecule has 0 aliphatic carbocycles. The summed E-state index contributed by atoms with van der Waals surface area (Å²) in [7, 11) is -19.9. The van der Waals surface area contributed by atoms with Crippen molar-refractivity contribution in [2.45, 2.75) is 51.5 Å². The van der Waals surface area contributed by atoms with Crippen LogP contribution in [-0.2, 0) is 16.5 Å². The molecule has 0 saturated carbocycles. The van der Waals surface area contributed by atoms with Gasteiger partial charge in [0.15, 0.2) is 0 Å². The highest BCUT2D eigenvalue weighted by atomic mass is 28.5. The van der Waals surface area contributed by atoms with Gasteiger partial charge in [-0.2, -0.15) is 0 Å². The van der Waals surface area contributed by atoms with E-state index in [4.69, 9.17) is 8.23 Å². The van der Waals surface area contributed by atoms with Crippen LogP contribution < -0.4 is 57.1 Å². The molecule has 0 aromatic heterocycles. The first-order valence-corrected chi connectivity index (χ1v) is 38.9. The molecule has 0 N–H and O–H groups in total. The van der Waals surface area contributed by atoms with Crippen molar-refractivity contribution in [2.24, 2.45) is 0 Å². The van der Waals surface area contributed by atoms with Crippen LogP contribution in [0.4, 0.5) is 0 Å². The van der Waals surface area contributed by atoms with Crippen molar-refractivity contribution in [3.63, 3.8) is 0 Å². The van der Waals surface area contributed by atoms with Gasteiger partial charge in [0.1, 0.15) is 0 Å². The summed E-state index contributed by atoms with van der Waals surface area (Å²) in [5.74, 6) is 0. The summed E-state index contributed by atoms with van der Waals surface area (Å²) in [4.78, 5) is 0. The van der Waals surface area contributed by atoms with Crippen LogP contribution >= 0.6 is 0 Å². The summed E-state index contributed by atoms with van der Waals surface area (Å²) in [6.07, 6.45) is 6.94. The van der Waals surface area contributed by atoms with Gasteiger partial charge in [-0.25, -0.2) is 0 Å². The zero-order chi connectivity index (χ0) is 56.5. The highest BCUT2D eigenvalue weighted by Gasteiger charge is 2.64. The summed E-state index contributed by atoms with van der Waals surface area (Å²) >= 11 is 0. The molecule has 9 heteroatoms. The molecule has 0 fully saturated rings. The number of hydrogen-bond acceptors (Lipinski definition) is 4. The van der Waals surface area contributed by atoms with Gasteiger partial charge >= 0.3 is 25.7 Å². The smallest absolute Gasteiger partial charge is 0.390 e. The lowest BCUT2D eigenvalue weighted by atomic mass is 10.1. The summed E-state index contributed by atoms with van der Waals surface area (Å²) in [6.45, 7) is 2.29. The first kappa shape index (κ1) is 57.2. The molecule has 0 heterocycles. The van der Waals surface area contributed by atoms with Gasteiger partial charge in [0, 0.05) is 0 Å². The fourth-order valence-electron chi connectivity index (χ4n) is 12.0. The molecule has 0 aliphatic rings. The SMILES string of the molecule is CCCCCCCC[Si](O[Si](O[Si](O[Si](O[Si](c1ccccc1)(c1ccccc1)c1ccccc1)(c1ccccc1)c1ccccc1)(c1ccccc1)c1ccccc1)(c1ccccc1)c1ccccc1)(c1ccccc1)c1ccccc1. The Hall–Kier alpha value is -7.66. The zero-order valence-corrected chi connectivity index (χ0v) is 52.3. The first-order valence-electron chi connectivity index (χ1n) is 29.5. The molecule has 0 atom stereocenters. The van der Waals surface area contributed by atoms with E-state index in [9.17, 15) is 8.23 Å². The van der Waals surface area contributed by atoms with Crippen LogP contribution in [0.15, 0.2) is 334 Å². The molecule has 83 heavy (non-hydrogen) atoms. The predicted octanol–water partition coefficient (Wildman–Crippen LogP) is 10.6. The van der Waals surface area contributed by atoms with E-state index in [0.29, 0.717) is 0 Å². The summed E-state index contributed by atoms with van der Waals surface area (Å²) in [5, 5.41) is 11.6. The molecule has 11 aromatic rings. The van der Waals surface area contributed by atoms with Gasteiger partial charge in [-0.15, -0.1) is 0 Å². The van der Waals surface area contributed by atoms with E-state index in [1.165, 1.54) is 36.1 Å². The average molecular weight is 1170 g/mol. The van der Waals surface area contributed by atoms with Crippen molar-refractivity contribution in [3.8, 4) is 0 Å². The molecule has 0 radical (unpaired) electrons. The third kappa shape index (κ3) is 12.1. The Morgan fingerprint density at radius 2 is 0.410 bits per heavy atom. The number of hydrogen-bond donors (Lipinski definition) is 0. The van der Waals surface area contributed by atoms with E-state index >= 15 is 0 Å². The monoisotopic (exact) mass is 1160 g/mol. The van der Waals surface area contributed by atoms with Gasteiger partial charge < -0.3 is 16.5 Å². The van der Waals surface area contributed by atoms with Crippen LogP contribution in [0, 0.1) is 0 Å². The molecule has 0 spiro atoms. The maximum Gasteiger partial charge on any atom is 0.390 e. The van der Waals surface area contributed by atoms with Crippen LogP contribution in [0.2, 0.25) is 6.04 Å². The maximum atomic E-state index is 9.20. The molecule has 11 aromatic carbocycles. The van der Waals surface area contributed by atoms with Crippen molar-refractivity contribution in [1.29, 1.82) is 0 Å². The Balaban J connectivity index is 1.27. The fraction of sp³-hybridized carbons (Fsp3) is 0.108. The van der Waals surface area contributed by atoms with Gasteiger partial charge in [-0.05, 0) is 63.1 Å². The largest absolute Gasteiger partial charge is 0.422 e. The molecule has 11 rings (SSSR count). The quantitative estimate of drug-likeness (QED) is 0.0308. The Morgan fingerprint density at radius 3 is 0.675 bits per heavy atom. The van der Waals surface area contributed by atoms with E-state index in [1.807, 2.05) is 0 Å². The molecule has 0 amide bonds. The molecule has 412 valence electrons. The standard InChI is InChI=1S/C74H72O4Si5/c1-2-3-4-5-6-40-63-79(64-41-18-7-19-42-64,65-43-20-8-21-44-65)75-81(69-51-28-12-29-52-69,70-53-30-13-31-54-70)77-83(73-59-36-16-37-60-73,74-61-38-17-39-62-74)78-82(71-55-32-14-33-56-71,72-57-34-15-35-58-72)76-80(66-45-22-9-23-46-66,67-47-24-10-25-48-67)68-49-26-11-27-50-68/h7-39,41-62H,2-6,40,63H2,1H3. The molecule has 0 unspecified atom stereocenters. The predicted molar refractivity (Wildman–Crippen MR) is 358 cm³/mol. The van der Waals surface area contributed by atoms with E-state index in [1.54, 1.807) is 0 Å². The highest BCUT2D eigenvalue weighted by Crippen LogP contribution is 2.31. The van der Waals surface area contributed by atoms with Gasteiger partial charge in [0.2, 0.25) is 8.32 Å². The van der Waals surface area contributed by atoms with Crippen LogP contribution in [0.1, 0.15) is 45.4 Å². The van der Waals surface area contributed by atoms with Crippen molar-refractivity contribution >= 4 is 99.4 Å². The van der Waals surface area contributed by atoms with Crippen LogP contribution in [0.3, 0.4) is 0 Å². The van der Waals surface area contributed by atoms with Crippen molar-refractivity contribution in [3.05, 3.63) is 334 Å². The lowest BCUT2D eigenvalue weighted by Gasteiger charge is -2.50. The Kier molecular flexibility index (Phi) is 18.7. The summed E-state index contributed by atoms with van der Waals surface area (Å²) < 4.78 is 36.4. The Labute approximate surface area is 497 Å². The number of benzene rings is 11. The van der Waals surface area contributed by atoms with Crippen LogP contribution in [-0.4, -0.2) is 42.3 Å². The third-order valence-corrected chi connectivity index (χ3v) is 39.1. The van der Waals surface area contributed by atoms with E-state index in [0.717, 1.165) is 65.6 Å². The average Bonchev–Trinajstić information content (AvgIpc) is 2.25. The highest BCUT2D eigenvalue weighted by molar-refractivity contribution is 7.17. The van der Waals surface area contributed by atoms with Crippen LogP contribution in [0.25, 0.3) is 0 Å². The van der Waals surface area contributed by atoms with Gasteiger partial charge in [-0.1, -0.05) is 379 Å². The van der Waals surface area contributed by atoms with E-state index < -0.39 is 42.3 Å². The number of rotatable bonds is 26. The molecule has 0 bridgehead atoms. The lowest BCUT2D eigenvalue weighted by Crippen LogP contribution is -2.85. The lowest BCUT2D eigenvalue weighted by molar-refractivity contribution is 0.329. The molecule has 4 nitrogen and oxygen atoms in total. The van der Waals surface area contributed by atoms with Crippen molar-refractivity contribution in [1.82, 2.24) is 0 Å². The zero-order valence-electron chi connectivity index (χ0n) is 47.3. The second-order valence-corrected chi connectivity index (χ2v) is 38.1. The normalized spacial score (nSPS) is 12.2. The third-order valence-electron chi connectivity index (χ3n) is 16.0. The topological polar surface area (TPSA) is 36.9 Å².